The average Bonchev–Trinajstić information content (AvgIpc) is 3.32. The molecule has 5 aromatic rings. The van der Waals surface area contributed by atoms with Crippen molar-refractivity contribution in [2.24, 2.45) is 4.99 Å². The van der Waals surface area contributed by atoms with Crippen LogP contribution < -0.4 is 15.5 Å². The summed E-state index contributed by atoms with van der Waals surface area (Å²) in [5, 5.41) is 22.5. The number of nitrogens with zero attached hydrogens (tertiary/aromatic N) is 4. The number of carbonyl (C=O) groups excluding carboxylic acids is 1. The van der Waals surface area contributed by atoms with Crippen molar-refractivity contribution >= 4 is 34.1 Å². The van der Waals surface area contributed by atoms with Gasteiger partial charge >= 0.3 is 0 Å². The van der Waals surface area contributed by atoms with Crippen LogP contribution in [0.3, 0.4) is 0 Å². The summed E-state index contributed by atoms with van der Waals surface area (Å²) in [4.78, 5) is 33.5. The number of hydrogen-bond donors (Lipinski definition) is 3. The molecule has 3 heterocycles. The largest absolute Gasteiger partial charge is 0.503 e. The number of rotatable bonds is 7. The van der Waals surface area contributed by atoms with E-state index in [1.165, 1.54) is 6.20 Å². The fraction of sp³-hybridized carbons (Fsp3) is 0.194. The number of methoxy groups -OCH3 is 1. The number of pyridine rings is 1. The summed E-state index contributed by atoms with van der Waals surface area (Å²) in [6.45, 7) is 2.22. The number of amides is 1. The lowest BCUT2D eigenvalue weighted by molar-refractivity contribution is -0.121. The molecule has 10 nitrogen and oxygen atoms in total. The van der Waals surface area contributed by atoms with Crippen LogP contribution in [0.25, 0.3) is 16.6 Å². The number of fused-ring (bicyclic) bond motifs is 4. The minimum absolute atomic E-state index is 0.0472. The van der Waals surface area contributed by atoms with Crippen LogP contribution in [0.1, 0.15) is 40.8 Å². The van der Waals surface area contributed by atoms with Crippen molar-refractivity contribution < 1.29 is 14.6 Å². The van der Waals surface area contributed by atoms with Crippen LogP contribution in [0.4, 0.5) is 0 Å². The van der Waals surface area contributed by atoms with Gasteiger partial charge < -0.3 is 20.1 Å². The molecule has 0 fully saturated rings. The Morgan fingerprint density at radius 3 is 2.71 bits per heavy atom. The second-order valence-electron chi connectivity index (χ2n) is 10.0. The molecule has 6 rings (SSSR count). The number of nitrogens with one attached hydrogen (secondary N) is 2. The van der Waals surface area contributed by atoms with Gasteiger partial charge in [0.05, 0.1) is 24.9 Å². The number of halogens is 1. The van der Waals surface area contributed by atoms with Crippen molar-refractivity contribution in [1.82, 2.24) is 25.1 Å². The normalized spacial score (nSPS) is 14.1. The highest BCUT2D eigenvalue weighted by Gasteiger charge is 2.30. The molecule has 0 saturated heterocycles. The zero-order valence-corrected chi connectivity index (χ0v) is 23.6. The summed E-state index contributed by atoms with van der Waals surface area (Å²) in [5.74, 6) is 1.37. The van der Waals surface area contributed by atoms with Crippen LogP contribution in [0.2, 0.25) is 5.02 Å². The van der Waals surface area contributed by atoms with Crippen LogP contribution >= 0.6 is 11.6 Å². The summed E-state index contributed by atoms with van der Waals surface area (Å²) < 4.78 is 7.45. The molecule has 0 saturated carbocycles. The number of hydrogen-bond acceptors (Lipinski definition) is 7. The maximum atomic E-state index is 13.2. The molecule has 2 aromatic heterocycles. The Hall–Kier alpha value is -4.96. The van der Waals surface area contributed by atoms with Gasteiger partial charge in [-0.1, -0.05) is 29.8 Å². The Balaban J connectivity index is 1.28. The van der Waals surface area contributed by atoms with Gasteiger partial charge in [-0.25, -0.2) is 0 Å². The molecular formula is C31H27ClN6O4. The monoisotopic (exact) mass is 582 g/mol. The number of carbonyl (C=O) groups is 1. The van der Waals surface area contributed by atoms with Gasteiger partial charge in [0, 0.05) is 39.8 Å². The Morgan fingerprint density at radius 1 is 1.12 bits per heavy atom. The number of H-pyrrole nitrogens is 1. The van der Waals surface area contributed by atoms with Gasteiger partial charge in [0.1, 0.15) is 17.6 Å². The number of aromatic nitrogens is 4. The zero-order chi connectivity index (χ0) is 29.4. The molecule has 1 atom stereocenters. The van der Waals surface area contributed by atoms with Crippen LogP contribution in [0.5, 0.6) is 11.5 Å². The fourth-order valence-electron chi connectivity index (χ4n) is 5.18. The van der Waals surface area contributed by atoms with Crippen LogP contribution in [-0.4, -0.2) is 50.1 Å². The fourth-order valence-corrected chi connectivity index (χ4v) is 5.31. The highest BCUT2D eigenvalue weighted by molar-refractivity contribution is 6.30. The van der Waals surface area contributed by atoms with E-state index in [4.69, 9.17) is 21.3 Å². The van der Waals surface area contributed by atoms with Gasteiger partial charge in [-0.05, 0) is 61.4 Å². The molecule has 0 aliphatic carbocycles. The van der Waals surface area contributed by atoms with E-state index in [0.29, 0.717) is 52.0 Å². The second kappa shape index (κ2) is 11.1. The number of aliphatic imine (C=N–C) groups is 1. The van der Waals surface area contributed by atoms with E-state index in [9.17, 15) is 14.7 Å². The maximum Gasteiger partial charge on any atom is 0.230 e. The maximum absolute atomic E-state index is 13.2. The highest BCUT2D eigenvalue weighted by atomic mass is 35.5. The zero-order valence-electron chi connectivity index (χ0n) is 22.9. The third-order valence-electron chi connectivity index (χ3n) is 7.29. The lowest BCUT2D eigenvalue weighted by Crippen LogP contribution is -2.27. The minimum atomic E-state index is -0.613. The highest BCUT2D eigenvalue weighted by Crippen LogP contribution is 2.34. The van der Waals surface area contributed by atoms with E-state index in [2.05, 4.69) is 20.5 Å². The molecule has 11 heteroatoms. The molecule has 0 unspecified atom stereocenters. The van der Waals surface area contributed by atoms with E-state index < -0.39 is 11.5 Å². The Morgan fingerprint density at radius 2 is 1.93 bits per heavy atom. The molecule has 3 aromatic carbocycles. The SMILES string of the molecule is COc1ccc2c(c1)C(c1ccc(Cl)cc1)=N[C@@H](CC(=O)NCCc1ccc3[nH]cc(O)c(=O)c3c1)c1nnc(C)n1-2. The average molecular weight is 583 g/mol. The van der Waals surface area contributed by atoms with Gasteiger partial charge in [0.25, 0.3) is 0 Å². The van der Waals surface area contributed by atoms with Crippen LogP contribution in [-0.2, 0) is 11.2 Å². The summed E-state index contributed by atoms with van der Waals surface area (Å²) in [5.41, 5.74) is 4.24. The van der Waals surface area contributed by atoms with Crippen LogP contribution in [0.15, 0.2) is 76.6 Å². The van der Waals surface area contributed by atoms with E-state index in [-0.39, 0.29) is 18.1 Å². The van der Waals surface area contributed by atoms with Crippen molar-refractivity contribution in [3.63, 3.8) is 0 Å². The molecule has 0 bridgehead atoms. The summed E-state index contributed by atoms with van der Waals surface area (Å²) in [6, 6.07) is 17.9. The molecule has 1 amide bonds. The first-order valence-electron chi connectivity index (χ1n) is 13.4. The van der Waals surface area contributed by atoms with Gasteiger partial charge in [-0.3, -0.25) is 19.1 Å². The molecule has 42 heavy (non-hydrogen) atoms. The minimum Gasteiger partial charge on any atom is -0.503 e. The number of aryl methyl sites for hydroxylation is 1. The van der Waals surface area contributed by atoms with Gasteiger partial charge in [-0.2, -0.15) is 0 Å². The number of aromatic hydroxyl groups is 1. The van der Waals surface area contributed by atoms with E-state index in [1.54, 1.807) is 31.4 Å². The first kappa shape index (κ1) is 27.2. The molecule has 1 aliphatic rings. The molecule has 0 spiro atoms. The summed E-state index contributed by atoms with van der Waals surface area (Å²) >= 11 is 6.18. The van der Waals surface area contributed by atoms with E-state index in [1.807, 2.05) is 47.9 Å². The third kappa shape index (κ3) is 5.12. The van der Waals surface area contributed by atoms with Gasteiger partial charge in [0.2, 0.25) is 11.3 Å². The molecular weight excluding hydrogens is 556 g/mol. The standard InChI is InChI=1S/C31H27ClN6O4/c1-17-36-37-31-25(15-28(40)33-12-11-18-3-9-24-22(13-18)30(41)27(39)16-34-24)35-29(19-4-6-20(32)7-5-19)23-14-21(42-2)8-10-26(23)38(17)31/h3-10,13-14,16,25,39H,11-12,15H2,1-2H3,(H,33,40)(H,34,41)/t25-/m0/s1. The predicted octanol–water partition coefficient (Wildman–Crippen LogP) is 4.43. The Bertz CT molecular complexity index is 1910. The van der Waals surface area contributed by atoms with Crippen molar-refractivity contribution in [1.29, 1.82) is 0 Å². The lowest BCUT2D eigenvalue weighted by Gasteiger charge is -2.14. The van der Waals surface area contributed by atoms with E-state index >= 15 is 0 Å². The first-order chi connectivity index (χ1) is 20.3. The van der Waals surface area contributed by atoms with Gasteiger partial charge in [-0.15, -0.1) is 10.2 Å². The molecule has 1 aliphatic heterocycles. The molecule has 0 radical (unpaired) electrons. The molecule has 3 N–H and O–H groups in total. The first-order valence-corrected chi connectivity index (χ1v) is 13.7. The number of benzene rings is 3. The predicted molar refractivity (Wildman–Crippen MR) is 160 cm³/mol. The lowest BCUT2D eigenvalue weighted by atomic mass is 10.00. The second-order valence-corrected chi connectivity index (χ2v) is 10.4. The topological polar surface area (TPSA) is 134 Å². The van der Waals surface area contributed by atoms with Crippen molar-refractivity contribution in [3.8, 4) is 17.2 Å². The van der Waals surface area contributed by atoms with Crippen molar-refractivity contribution in [2.75, 3.05) is 13.7 Å². The Labute approximate surface area is 245 Å². The molecule has 212 valence electrons. The Kier molecular flexibility index (Phi) is 7.22. The van der Waals surface area contributed by atoms with Crippen LogP contribution in [0, 0.1) is 6.92 Å². The number of ether oxygens (including phenoxy) is 1. The summed E-state index contributed by atoms with van der Waals surface area (Å²) in [7, 11) is 1.61. The van der Waals surface area contributed by atoms with Gasteiger partial charge in [0.15, 0.2) is 11.6 Å². The third-order valence-corrected chi connectivity index (χ3v) is 7.54. The number of aromatic amines is 1. The van der Waals surface area contributed by atoms with Crippen molar-refractivity contribution in [3.05, 3.63) is 110 Å². The quantitative estimate of drug-likeness (QED) is 0.260. The smallest absolute Gasteiger partial charge is 0.230 e. The van der Waals surface area contributed by atoms with Crippen molar-refractivity contribution in [2.45, 2.75) is 25.8 Å². The van der Waals surface area contributed by atoms with E-state index in [0.717, 1.165) is 22.4 Å². The summed E-state index contributed by atoms with van der Waals surface area (Å²) in [6.07, 6.45) is 1.82.